The molecule has 0 fully saturated rings. The molecule has 0 unspecified atom stereocenters. The second kappa shape index (κ2) is 20.3. The Labute approximate surface area is 190 Å². The third-order valence-corrected chi connectivity index (χ3v) is 5.66. The number of carbonyl (C=O) groups excluding carboxylic acids is 2. The first-order valence-corrected chi connectivity index (χ1v) is 12.8. The molecule has 2 amide bonds. The number of carbonyl (C=O) groups is 3. The summed E-state index contributed by atoms with van der Waals surface area (Å²) in [4.78, 5) is 38.3. The fourth-order valence-corrected chi connectivity index (χ4v) is 3.64. The maximum absolute atomic E-state index is 13.0. The summed E-state index contributed by atoms with van der Waals surface area (Å²) in [6.45, 7) is 7.70. The molecule has 0 aliphatic carbocycles. The van der Waals surface area contributed by atoms with Gasteiger partial charge in [0.25, 0.3) is 0 Å². The third kappa shape index (κ3) is 16.7. The summed E-state index contributed by atoms with van der Waals surface area (Å²) in [6, 6.07) is -0.740. The Kier molecular flexibility index (Phi) is 19.3. The molecule has 0 saturated carbocycles. The largest absolute Gasteiger partial charge is 0.481 e. The van der Waals surface area contributed by atoms with Crippen molar-refractivity contribution in [1.29, 1.82) is 0 Å². The highest BCUT2D eigenvalue weighted by molar-refractivity contribution is 5.88. The molecule has 0 rings (SSSR count). The summed E-state index contributed by atoms with van der Waals surface area (Å²) in [5, 5.41) is 11.9. The first-order valence-electron chi connectivity index (χ1n) is 12.8. The lowest BCUT2D eigenvalue weighted by atomic mass is 10.1. The van der Waals surface area contributed by atoms with Gasteiger partial charge in [-0.25, -0.2) is 0 Å². The van der Waals surface area contributed by atoms with Crippen molar-refractivity contribution in [2.24, 2.45) is 0 Å². The standard InChI is InChI=1S/C25H48N2O4/c1-4-7-10-11-12-13-14-15-16-17-23(28)26-22(18-19-24(29)30)25(31)27(20-8-5-2)21-9-6-3/h22H,4-21H2,1-3H3,(H,26,28)(H,29,30)/t22-/m1/s1. The number of unbranched alkanes of at least 4 members (excludes halogenated alkanes) is 10. The highest BCUT2D eigenvalue weighted by Crippen LogP contribution is 2.11. The van der Waals surface area contributed by atoms with Crippen LogP contribution in [0.2, 0.25) is 0 Å². The zero-order valence-corrected chi connectivity index (χ0v) is 20.4. The van der Waals surface area contributed by atoms with Crippen molar-refractivity contribution in [3.8, 4) is 0 Å². The van der Waals surface area contributed by atoms with E-state index >= 15 is 0 Å². The summed E-state index contributed by atoms with van der Waals surface area (Å²) in [6.07, 6.45) is 14.9. The molecule has 2 N–H and O–H groups in total. The Morgan fingerprint density at radius 3 is 1.68 bits per heavy atom. The van der Waals surface area contributed by atoms with Crippen LogP contribution in [0.1, 0.15) is 124 Å². The molecular formula is C25H48N2O4. The van der Waals surface area contributed by atoms with Crippen molar-refractivity contribution in [2.75, 3.05) is 13.1 Å². The zero-order chi connectivity index (χ0) is 23.3. The highest BCUT2D eigenvalue weighted by Gasteiger charge is 2.26. The van der Waals surface area contributed by atoms with Gasteiger partial charge < -0.3 is 15.3 Å². The number of nitrogens with one attached hydrogen (secondary N) is 1. The number of hydrogen-bond donors (Lipinski definition) is 2. The van der Waals surface area contributed by atoms with Crippen LogP contribution in [0.5, 0.6) is 0 Å². The first kappa shape index (κ1) is 29.4. The fraction of sp³-hybridized carbons (Fsp3) is 0.880. The normalized spacial score (nSPS) is 11.8. The number of aliphatic carboxylic acids is 1. The van der Waals surface area contributed by atoms with Gasteiger partial charge in [0, 0.05) is 25.9 Å². The lowest BCUT2D eigenvalue weighted by Crippen LogP contribution is -2.49. The van der Waals surface area contributed by atoms with Crippen LogP contribution in [-0.2, 0) is 14.4 Å². The number of carboxylic acid groups (broad SMARTS) is 1. The van der Waals surface area contributed by atoms with Crippen molar-refractivity contribution in [3.05, 3.63) is 0 Å². The van der Waals surface area contributed by atoms with E-state index in [9.17, 15) is 14.4 Å². The number of rotatable bonds is 21. The third-order valence-electron chi connectivity index (χ3n) is 5.66. The van der Waals surface area contributed by atoms with Gasteiger partial charge in [0.05, 0.1) is 0 Å². The monoisotopic (exact) mass is 440 g/mol. The van der Waals surface area contributed by atoms with Crippen LogP contribution in [0.15, 0.2) is 0 Å². The molecule has 31 heavy (non-hydrogen) atoms. The van der Waals surface area contributed by atoms with Crippen LogP contribution in [-0.4, -0.2) is 46.9 Å². The van der Waals surface area contributed by atoms with E-state index in [2.05, 4.69) is 26.1 Å². The summed E-state index contributed by atoms with van der Waals surface area (Å²) in [5.74, 6) is -1.22. The molecular weight excluding hydrogens is 392 g/mol. The molecule has 0 aromatic heterocycles. The van der Waals surface area contributed by atoms with Crippen LogP contribution in [0.4, 0.5) is 0 Å². The summed E-state index contributed by atoms with van der Waals surface area (Å²) in [5.41, 5.74) is 0. The Morgan fingerprint density at radius 2 is 1.19 bits per heavy atom. The fourth-order valence-electron chi connectivity index (χ4n) is 3.64. The molecule has 0 bridgehead atoms. The number of amides is 2. The van der Waals surface area contributed by atoms with Crippen molar-refractivity contribution < 1.29 is 19.5 Å². The molecule has 0 spiro atoms. The maximum Gasteiger partial charge on any atom is 0.303 e. The first-order chi connectivity index (χ1) is 15.0. The van der Waals surface area contributed by atoms with Crippen LogP contribution in [0, 0.1) is 0 Å². The molecule has 1 atom stereocenters. The van der Waals surface area contributed by atoms with Gasteiger partial charge in [0.2, 0.25) is 11.8 Å². The SMILES string of the molecule is CCCCCCCCCCCC(=O)N[C@H](CCC(=O)O)C(=O)N(CCCC)CCCC. The van der Waals surface area contributed by atoms with E-state index in [1.54, 1.807) is 4.90 Å². The summed E-state index contributed by atoms with van der Waals surface area (Å²) in [7, 11) is 0. The number of hydrogen-bond acceptors (Lipinski definition) is 3. The Balaban J connectivity index is 4.50. The molecule has 0 aliphatic rings. The van der Waals surface area contributed by atoms with E-state index in [1.807, 2.05) is 0 Å². The average Bonchev–Trinajstić information content (AvgIpc) is 2.75. The topological polar surface area (TPSA) is 86.7 Å². The van der Waals surface area contributed by atoms with Crippen LogP contribution in [0.3, 0.4) is 0 Å². The lowest BCUT2D eigenvalue weighted by molar-refractivity contribution is -0.139. The van der Waals surface area contributed by atoms with Gasteiger partial charge in [-0.05, 0) is 25.7 Å². The quantitative estimate of drug-likeness (QED) is 0.225. The molecule has 6 nitrogen and oxygen atoms in total. The van der Waals surface area contributed by atoms with Gasteiger partial charge in [-0.3, -0.25) is 14.4 Å². The maximum atomic E-state index is 13.0. The van der Waals surface area contributed by atoms with Crippen molar-refractivity contribution >= 4 is 17.8 Å². The molecule has 0 aromatic rings. The predicted octanol–water partition coefficient (Wildman–Crippen LogP) is 5.69. The van der Waals surface area contributed by atoms with Crippen molar-refractivity contribution in [3.63, 3.8) is 0 Å². The molecule has 0 heterocycles. The van der Waals surface area contributed by atoms with Gasteiger partial charge in [0.15, 0.2) is 0 Å². The van der Waals surface area contributed by atoms with E-state index < -0.39 is 12.0 Å². The Bertz CT molecular complexity index is 474. The molecule has 0 saturated heterocycles. The molecule has 0 radical (unpaired) electrons. The molecule has 0 aliphatic heterocycles. The van der Waals surface area contributed by atoms with Gasteiger partial charge in [-0.2, -0.15) is 0 Å². The minimum Gasteiger partial charge on any atom is -0.481 e. The highest BCUT2D eigenvalue weighted by atomic mass is 16.4. The van der Waals surface area contributed by atoms with Gasteiger partial charge >= 0.3 is 5.97 Å². The van der Waals surface area contributed by atoms with Gasteiger partial charge in [-0.1, -0.05) is 85.0 Å². The Morgan fingerprint density at radius 1 is 0.710 bits per heavy atom. The van der Waals surface area contributed by atoms with E-state index in [0.29, 0.717) is 19.5 Å². The summed E-state index contributed by atoms with van der Waals surface area (Å²) >= 11 is 0. The smallest absolute Gasteiger partial charge is 0.303 e. The molecule has 6 heteroatoms. The molecule has 0 aromatic carbocycles. The second-order valence-corrected chi connectivity index (χ2v) is 8.66. The predicted molar refractivity (Wildman–Crippen MR) is 127 cm³/mol. The Hall–Kier alpha value is -1.59. The number of carboxylic acids is 1. The van der Waals surface area contributed by atoms with E-state index in [4.69, 9.17) is 5.11 Å². The van der Waals surface area contributed by atoms with Gasteiger partial charge in [-0.15, -0.1) is 0 Å². The average molecular weight is 441 g/mol. The van der Waals surface area contributed by atoms with Crippen LogP contribution >= 0.6 is 0 Å². The van der Waals surface area contributed by atoms with E-state index in [1.165, 1.54) is 38.5 Å². The van der Waals surface area contributed by atoms with Gasteiger partial charge in [0.1, 0.15) is 6.04 Å². The number of nitrogens with zero attached hydrogens (tertiary/aromatic N) is 1. The second-order valence-electron chi connectivity index (χ2n) is 8.66. The van der Waals surface area contributed by atoms with Crippen LogP contribution < -0.4 is 5.32 Å². The van der Waals surface area contributed by atoms with E-state index in [-0.39, 0.29) is 24.7 Å². The van der Waals surface area contributed by atoms with Crippen LogP contribution in [0.25, 0.3) is 0 Å². The zero-order valence-electron chi connectivity index (χ0n) is 20.4. The van der Waals surface area contributed by atoms with E-state index in [0.717, 1.165) is 44.9 Å². The minimum absolute atomic E-state index is 0.121. The minimum atomic E-state index is -0.945. The lowest BCUT2D eigenvalue weighted by Gasteiger charge is -2.28. The van der Waals surface area contributed by atoms with Crippen molar-refractivity contribution in [2.45, 2.75) is 130 Å². The molecule has 182 valence electrons. The summed E-state index contributed by atoms with van der Waals surface area (Å²) < 4.78 is 0. The van der Waals surface area contributed by atoms with Crippen molar-refractivity contribution in [1.82, 2.24) is 10.2 Å².